The molecule has 2 heterocycles. The second kappa shape index (κ2) is 5.51. The van der Waals surface area contributed by atoms with Gasteiger partial charge in [-0.05, 0) is 18.5 Å². The molecule has 0 aliphatic carbocycles. The number of nitrogen functional groups attached to an aromatic ring is 1. The molecule has 5 nitrogen and oxygen atoms in total. The summed E-state index contributed by atoms with van der Waals surface area (Å²) >= 11 is 1.46. The Labute approximate surface area is 107 Å². The highest BCUT2D eigenvalue weighted by molar-refractivity contribution is 7.16. The van der Waals surface area contributed by atoms with Crippen LogP contribution < -0.4 is 11.3 Å². The summed E-state index contributed by atoms with van der Waals surface area (Å²) in [5, 5.41) is 2.72. The van der Waals surface area contributed by atoms with Crippen molar-refractivity contribution in [2.24, 2.45) is 5.84 Å². The van der Waals surface area contributed by atoms with E-state index in [4.69, 9.17) is 5.84 Å². The van der Waals surface area contributed by atoms with Crippen LogP contribution in [-0.2, 0) is 6.54 Å². The quantitative estimate of drug-likeness (QED) is 0.641. The summed E-state index contributed by atoms with van der Waals surface area (Å²) in [5.41, 5.74) is 2.50. The lowest BCUT2D eigenvalue weighted by Crippen LogP contribution is -2.25. The first-order chi connectivity index (χ1) is 8.60. The van der Waals surface area contributed by atoms with E-state index < -0.39 is 6.43 Å². The first-order valence-corrected chi connectivity index (χ1v) is 6.15. The number of rotatable bonds is 5. The molecule has 0 aliphatic rings. The fourth-order valence-electron chi connectivity index (χ4n) is 1.62. The van der Waals surface area contributed by atoms with Gasteiger partial charge in [0, 0.05) is 0 Å². The zero-order valence-electron chi connectivity index (χ0n) is 9.73. The maximum atomic E-state index is 12.2. The standard InChI is InChI=1S/C10H13F2N5S/c1-17(4-7(11)12)5-8-14-9(16-13)6-2-3-18-10(6)15-8/h2-3,7H,4-5,13H2,1H3,(H,14,15,16). The number of aromatic nitrogens is 2. The first kappa shape index (κ1) is 13.1. The third-order valence-corrected chi connectivity index (χ3v) is 3.18. The van der Waals surface area contributed by atoms with Gasteiger partial charge in [0.1, 0.15) is 10.7 Å². The number of nitrogens with one attached hydrogen (secondary N) is 1. The zero-order chi connectivity index (χ0) is 13.1. The molecule has 0 aromatic carbocycles. The van der Waals surface area contributed by atoms with Crippen LogP contribution in [0.2, 0.25) is 0 Å². The summed E-state index contributed by atoms with van der Waals surface area (Å²) in [4.78, 5) is 10.8. The minimum absolute atomic E-state index is 0.257. The van der Waals surface area contributed by atoms with Gasteiger partial charge in [0.15, 0.2) is 5.82 Å². The highest BCUT2D eigenvalue weighted by Crippen LogP contribution is 2.24. The van der Waals surface area contributed by atoms with Crippen molar-refractivity contribution < 1.29 is 8.78 Å². The van der Waals surface area contributed by atoms with Crippen molar-refractivity contribution in [1.29, 1.82) is 0 Å². The Bertz CT molecular complexity index is 530. The zero-order valence-corrected chi connectivity index (χ0v) is 10.5. The van der Waals surface area contributed by atoms with E-state index in [1.807, 2.05) is 11.4 Å². The number of hydrogen-bond donors (Lipinski definition) is 2. The molecular weight excluding hydrogens is 260 g/mol. The van der Waals surface area contributed by atoms with Gasteiger partial charge in [0.25, 0.3) is 6.43 Å². The van der Waals surface area contributed by atoms with Crippen molar-refractivity contribution >= 4 is 27.4 Å². The summed E-state index contributed by atoms with van der Waals surface area (Å²) in [7, 11) is 1.60. The molecule has 0 atom stereocenters. The van der Waals surface area contributed by atoms with Gasteiger partial charge >= 0.3 is 0 Å². The molecule has 2 aromatic rings. The van der Waals surface area contributed by atoms with E-state index in [1.165, 1.54) is 16.2 Å². The van der Waals surface area contributed by atoms with Crippen LogP contribution in [0.4, 0.5) is 14.6 Å². The lowest BCUT2D eigenvalue weighted by Gasteiger charge is -2.15. The molecule has 98 valence electrons. The molecule has 0 saturated heterocycles. The lowest BCUT2D eigenvalue weighted by atomic mass is 10.3. The maximum Gasteiger partial charge on any atom is 0.251 e. The fourth-order valence-corrected chi connectivity index (χ4v) is 2.40. The van der Waals surface area contributed by atoms with Gasteiger partial charge in [-0.3, -0.25) is 4.90 Å². The van der Waals surface area contributed by atoms with E-state index in [2.05, 4.69) is 15.4 Å². The van der Waals surface area contributed by atoms with Crippen molar-refractivity contribution in [1.82, 2.24) is 14.9 Å². The molecule has 0 bridgehead atoms. The molecule has 2 rings (SSSR count). The van der Waals surface area contributed by atoms with E-state index in [1.54, 1.807) is 7.05 Å². The molecule has 2 aromatic heterocycles. The molecule has 0 radical (unpaired) electrons. The van der Waals surface area contributed by atoms with Crippen molar-refractivity contribution in [3.8, 4) is 0 Å². The van der Waals surface area contributed by atoms with Crippen LogP contribution in [-0.4, -0.2) is 34.9 Å². The molecule has 0 saturated carbocycles. The smallest absolute Gasteiger partial charge is 0.251 e. The van der Waals surface area contributed by atoms with E-state index in [0.29, 0.717) is 11.6 Å². The van der Waals surface area contributed by atoms with Gasteiger partial charge in [0.05, 0.1) is 18.5 Å². The SMILES string of the molecule is CN(Cc1nc(NN)c2ccsc2n1)CC(F)F. The monoisotopic (exact) mass is 273 g/mol. The van der Waals surface area contributed by atoms with Crippen molar-refractivity contribution in [3.63, 3.8) is 0 Å². The summed E-state index contributed by atoms with van der Waals surface area (Å²) < 4.78 is 24.4. The predicted molar refractivity (Wildman–Crippen MR) is 67.6 cm³/mol. The number of nitrogens with zero attached hydrogens (tertiary/aromatic N) is 3. The fraction of sp³-hybridized carbons (Fsp3) is 0.400. The van der Waals surface area contributed by atoms with Crippen LogP contribution in [0, 0.1) is 0 Å². The molecule has 0 spiro atoms. The second-order valence-corrected chi connectivity index (χ2v) is 4.75. The topological polar surface area (TPSA) is 67.1 Å². The molecule has 0 amide bonds. The van der Waals surface area contributed by atoms with Crippen molar-refractivity contribution in [2.45, 2.75) is 13.0 Å². The molecule has 0 unspecified atom stereocenters. The largest absolute Gasteiger partial charge is 0.308 e. The number of anilines is 1. The Morgan fingerprint density at radius 2 is 2.28 bits per heavy atom. The third kappa shape index (κ3) is 2.89. The number of thiophene rings is 1. The number of halogens is 2. The molecule has 18 heavy (non-hydrogen) atoms. The Morgan fingerprint density at radius 1 is 1.50 bits per heavy atom. The average Bonchev–Trinajstić information content (AvgIpc) is 2.74. The van der Waals surface area contributed by atoms with Gasteiger partial charge in [-0.1, -0.05) is 0 Å². The molecular formula is C10H13F2N5S. The summed E-state index contributed by atoms with van der Waals surface area (Å²) in [6.45, 7) is -0.0515. The molecule has 8 heteroatoms. The summed E-state index contributed by atoms with van der Waals surface area (Å²) in [6, 6.07) is 1.86. The first-order valence-electron chi connectivity index (χ1n) is 5.27. The van der Waals surface area contributed by atoms with Crippen LogP contribution in [0.25, 0.3) is 10.2 Å². The van der Waals surface area contributed by atoms with Gasteiger partial charge in [0.2, 0.25) is 0 Å². The van der Waals surface area contributed by atoms with Crippen LogP contribution in [0.15, 0.2) is 11.4 Å². The number of nitrogens with two attached hydrogens (primary N) is 1. The van der Waals surface area contributed by atoms with E-state index in [9.17, 15) is 8.78 Å². The highest BCUT2D eigenvalue weighted by atomic mass is 32.1. The third-order valence-electron chi connectivity index (χ3n) is 2.37. The second-order valence-electron chi connectivity index (χ2n) is 3.86. The Morgan fingerprint density at radius 3 is 2.94 bits per heavy atom. The number of alkyl halides is 2. The lowest BCUT2D eigenvalue weighted by molar-refractivity contribution is 0.0966. The van der Waals surface area contributed by atoms with E-state index in [-0.39, 0.29) is 13.1 Å². The Kier molecular flexibility index (Phi) is 4.00. The van der Waals surface area contributed by atoms with Crippen molar-refractivity contribution in [2.75, 3.05) is 19.0 Å². The maximum absolute atomic E-state index is 12.2. The number of hydrazine groups is 1. The minimum Gasteiger partial charge on any atom is -0.308 e. The number of hydrogen-bond acceptors (Lipinski definition) is 6. The van der Waals surface area contributed by atoms with Crippen LogP contribution in [0.1, 0.15) is 5.82 Å². The van der Waals surface area contributed by atoms with Gasteiger partial charge in [-0.15, -0.1) is 11.3 Å². The van der Waals surface area contributed by atoms with Gasteiger partial charge in [-0.2, -0.15) is 0 Å². The molecule has 3 N–H and O–H groups in total. The Balaban J connectivity index is 2.22. The minimum atomic E-state index is -2.37. The van der Waals surface area contributed by atoms with Crippen LogP contribution in [0.5, 0.6) is 0 Å². The van der Waals surface area contributed by atoms with E-state index in [0.717, 1.165) is 10.2 Å². The van der Waals surface area contributed by atoms with Gasteiger partial charge in [-0.25, -0.2) is 24.6 Å². The van der Waals surface area contributed by atoms with Crippen LogP contribution >= 0.6 is 11.3 Å². The summed E-state index contributed by atoms with van der Waals surface area (Å²) in [5.74, 6) is 6.37. The van der Waals surface area contributed by atoms with Crippen molar-refractivity contribution in [3.05, 3.63) is 17.3 Å². The van der Waals surface area contributed by atoms with Gasteiger partial charge < -0.3 is 5.43 Å². The number of fused-ring (bicyclic) bond motifs is 1. The average molecular weight is 273 g/mol. The highest BCUT2D eigenvalue weighted by Gasteiger charge is 2.12. The normalized spacial score (nSPS) is 11.7. The predicted octanol–water partition coefficient (Wildman–Crippen LogP) is 1.67. The Hall–Kier alpha value is -1.38. The van der Waals surface area contributed by atoms with Crippen LogP contribution in [0.3, 0.4) is 0 Å². The summed E-state index contributed by atoms with van der Waals surface area (Å²) in [6.07, 6.45) is -2.37. The molecule has 0 fully saturated rings. The van der Waals surface area contributed by atoms with E-state index >= 15 is 0 Å². The molecule has 0 aliphatic heterocycles.